The molecule has 3 heterocycles. The largest absolute Gasteiger partial charge is 0.342 e. The number of carbonyl (C=O) groups excluding carboxylic acids is 1. The van der Waals surface area contributed by atoms with E-state index in [1.165, 1.54) is 12.1 Å². The maximum Gasteiger partial charge on any atom is 0.222 e. The lowest BCUT2D eigenvalue weighted by Crippen LogP contribution is -2.39. The molecule has 1 aromatic carbocycles. The second-order valence-corrected chi connectivity index (χ2v) is 7.20. The fraction of sp³-hybridized carbons (Fsp3) is 0.318. The van der Waals surface area contributed by atoms with Crippen molar-refractivity contribution in [1.82, 2.24) is 20.1 Å². The van der Waals surface area contributed by atoms with Crippen molar-refractivity contribution in [1.29, 1.82) is 0 Å². The summed E-state index contributed by atoms with van der Waals surface area (Å²) in [6.07, 6.45) is 6.63. The zero-order valence-electron chi connectivity index (χ0n) is 15.6. The number of amides is 1. The van der Waals surface area contributed by atoms with Crippen molar-refractivity contribution in [2.75, 3.05) is 13.1 Å². The third-order valence-electron chi connectivity index (χ3n) is 5.33. The number of halogens is 1. The zero-order chi connectivity index (χ0) is 19.3. The quantitative estimate of drug-likeness (QED) is 0.731. The highest BCUT2D eigenvalue weighted by molar-refractivity contribution is 5.76. The summed E-state index contributed by atoms with van der Waals surface area (Å²) in [4.78, 5) is 19.0. The maximum absolute atomic E-state index is 13.2. The molecule has 0 radical (unpaired) electrons. The van der Waals surface area contributed by atoms with Crippen molar-refractivity contribution in [3.05, 3.63) is 72.1 Å². The molecule has 1 aliphatic rings. The molecule has 0 bridgehead atoms. The number of hydrogen-bond donors (Lipinski definition) is 1. The first-order valence-corrected chi connectivity index (χ1v) is 9.67. The van der Waals surface area contributed by atoms with Gasteiger partial charge in [0.05, 0.1) is 6.20 Å². The molecule has 144 valence electrons. The highest BCUT2D eigenvalue weighted by atomic mass is 19.1. The average molecular weight is 378 g/mol. The molecule has 2 aromatic heterocycles. The first-order chi connectivity index (χ1) is 13.7. The number of likely N-dealkylation sites (tertiary alicyclic amines) is 1. The molecule has 0 unspecified atom stereocenters. The fourth-order valence-corrected chi connectivity index (χ4v) is 3.85. The standard InChI is InChI=1S/C22H23FN4O/c23-18-8-6-16(7-9-18)20-14-25-26-22(20)17-4-3-13-27(15-17)21(28)11-10-19-5-1-2-12-24-19/h1-2,5-9,12,14,17H,3-4,10-11,13,15H2,(H,25,26)/t17-/m0/s1. The number of benzene rings is 1. The molecule has 1 aliphatic heterocycles. The summed E-state index contributed by atoms with van der Waals surface area (Å²) < 4.78 is 13.2. The van der Waals surface area contributed by atoms with Gasteiger partial charge in [0.15, 0.2) is 0 Å². The Kier molecular flexibility index (Phi) is 5.46. The summed E-state index contributed by atoms with van der Waals surface area (Å²) in [5.74, 6) is 0.115. The maximum atomic E-state index is 13.2. The highest BCUT2D eigenvalue weighted by Gasteiger charge is 2.27. The van der Waals surface area contributed by atoms with E-state index in [2.05, 4.69) is 15.2 Å². The van der Waals surface area contributed by atoms with E-state index in [0.29, 0.717) is 19.4 Å². The lowest BCUT2D eigenvalue weighted by atomic mass is 9.90. The molecule has 4 rings (SSSR count). The van der Waals surface area contributed by atoms with E-state index < -0.39 is 0 Å². The smallest absolute Gasteiger partial charge is 0.222 e. The second-order valence-electron chi connectivity index (χ2n) is 7.20. The minimum absolute atomic E-state index is 0.165. The Labute approximate surface area is 163 Å². The number of nitrogens with zero attached hydrogens (tertiary/aromatic N) is 3. The fourth-order valence-electron chi connectivity index (χ4n) is 3.85. The van der Waals surface area contributed by atoms with E-state index in [4.69, 9.17) is 0 Å². The van der Waals surface area contributed by atoms with E-state index in [1.54, 1.807) is 24.5 Å². The van der Waals surface area contributed by atoms with E-state index in [0.717, 1.165) is 41.9 Å². The SMILES string of the molecule is O=C(CCc1ccccn1)N1CCC[C@H](c2[nH]ncc2-c2ccc(F)cc2)C1. The number of aromatic amines is 1. The molecular weight excluding hydrogens is 355 g/mol. The van der Waals surface area contributed by atoms with Crippen LogP contribution in [0.25, 0.3) is 11.1 Å². The second kappa shape index (κ2) is 8.33. The third kappa shape index (κ3) is 4.11. The van der Waals surface area contributed by atoms with Crippen LogP contribution in [0.15, 0.2) is 54.9 Å². The van der Waals surface area contributed by atoms with Crippen LogP contribution in [0.2, 0.25) is 0 Å². The van der Waals surface area contributed by atoms with Crippen molar-refractivity contribution in [2.45, 2.75) is 31.6 Å². The van der Waals surface area contributed by atoms with Gasteiger partial charge in [-0.1, -0.05) is 18.2 Å². The first-order valence-electron chi connectivity index (χ1n) is 9.67. The van der Waals surface area contributed by atoms with Gasteiger partial charge in [0.1, 0.15) is 5.82 Å². The molecule has 1 fully saturated rings. The van der Waals surface area contributed by atoms with Crippen LogP contribution >= 0.6 is 0 Å². The molecule has 0 saturated carbocycles. The number of nitrogens with one attached hydrogen (secondary N) is 1. The van der Waals surface area contributed by atoms with Crippen LogP contribution in [-0.4, -0.2) is 39.1 Å². The van der Waals surface area contributed by atoms with Crippen LogP contribution in [0.5, 0.6) is 0 Å². The summed E-state index contributed by atoms with van der Waals surface area (Å²) in [6.45, 7) is 1.47. The molecule has 0 spiro atoms. The molecule has 5 nitrogen and oxygen atoms in total. The van der Waals surface area contributed by atoms with Gasteiger partial charge in [-0.25, -0.2) is 4.39 Å². The van der Waals surface area contributed by atoms with E-state index in [-0.39, 0.29) is 17.6 Å². The van der Waals surface area contributed by atoms with Crippen molar-refractivity contribution in [3.8, 4) is 11.1 Å². The average Bonchev–Trinajstić information content (AvgIpc) is 3.23. The summed E-state index contributed by atoms with van der Waals surface area (Å²) in [5.41, 5.74) is 3.88. The van der Waals surface area contributed by atoms with E-state index in [9.17, 15) is 9.18 Å². The van der Waals surface area contributed by atoms with Gasteiger partial charge in [0.2, 0.25) is 5.91 Å². The van der Waals surface area contributed by atoms with Crippen molar-refractivity contribution >= 4 is 5.91 Å². The molecule has 3 aromatic rings. The van der Waals surface area contributed by atoms with Crippen LogP contribution in [0.4, 0.5) is 4.39 Å². The Balaban J connectivity index is 1.43. The Hall–Kier alpha value is -3.02. The van der Waals surface area contributed by atoms with E-state index in [1.807, 2.05) is 23.1 Å². The molecule has 0 aliphatic carbocycles. The monoisotopic (exact) mass is 378 g/mol. The number of pyridine rings is 1. The number of aromatic nitrogens is 3. The number of piperidine rings is 1. The predicted octanol–water partition coefficient (Wildman–Crippen LogP) is 3.95. The Morgan fingerprint density at radius 2 is 2.07 bits per heavy atom. The van der Waals surface area contributed by atoms with Crippen LogP contribution in [0.1, 0.15) is 36.6 Å². The summed E-state index contributed by atoms with van der Waals surface area (Å²) in [7, 11) is 0. The minimum Gasteiger partial charge on any atom is -0.342 e. The summed E-state index contributed by atoms with van der Waals surface area (Å²) in [6, 6.07) is 12.2. The Morgan fingerprint density at radius 3 is 2.86 bits per heavy atom. The number of rotatable bonds is 5. The van der Waals surface area contributed by atoms with Gasteiger partial charge in [0, 0.05) is 48.6 Å². The minimum atomic E-state index is -0.254. The summed E-state index contributed by atoms with van der Waals surface area (Å²) in [5, 5.41) is 7.33. The lowest BCUT2D eigenvalue weighted by Gasteiger charge is -2.33. The molecule has 1 saturated heterocycles. The molecule has 1 atom stereocenters. The van der Waals surface area contributed by atoms with Crippen molar-refractivity contribution in [2.24, 2.45) is 0 Å². The molecule has 28 heavy (non-hydrogen) atoms. The number of aryl methyl sites for hydroxylation is 1. The molecule has 1 amide bonds. The number of H-pyrrole nitrogens is 1. The first kappa shape index (κ1) is 18.3. The van der Waals surface area contributed by atoms with Gasteiger partial charge >= 0.3 is 0 Å². The lowest BCUT2D eigenvalue weighted by molar-refractivity contribution is -0.132. The Bertz CT molecular complexity index is 923. The molecule has 1 N–H and O–H groups in total. The van der Waals surface area contributed by atoms with Crippen LogP contribution < -0.4 is 0 Å². The van der Waals surface area contributed by atoms with Crippen LogP contribution in [-0.2, 0) is 11.2 Å². The number of hydrogen-bond acceptors (Lipinski definition) is 3. The van der Waals surface area contributed by atoms with E-state index >= 15 is 0 Å². The van der Waals surface area contributed by atoms with Gasteiger partial charge in [-0.3, -0.25) is 14.9 Å². The molecule has 6 heteroatoms. The highest BCUT2D eigenvalue weighted by Crippen LogP contribution is 2.33. The van der Waals surface area contributed by atoms with Gasteiger partial charge in [-0.2, -0.15) is 5.10 Å². The van der Waals surface area contributed by atoms with Gasteiger partial charge in [0.25, 0.3) is 0 Å². The summed E-state index contributed by atoms with van der Waals surface area (Å²) >= 11 is 0. The van der Waals surface area contributed by atoms with Gasteiger partial charge in [-0.05, 0) is 49.1 Å². The van der Waals surface area contributed by atoms with Gasteiger partial charge in [-0.15, -0.1) is 0 Å². The third-order valence-corrected chi connectivity index (χ3v) is 5.33. The van der Waals surface area contributed by atoms with Crippen molar-refractivity contribution in [3.63, 3.8) is 0 Å². The Morgan fingerprint density at radius 1 is 1.21 bits per heavy atom. The van der Waals surface area contributed by atoms with Crippen molar-refractivity contribution < 1.29 is 9.18 Å². The zero-order valence-corrected chi connectivity index (χ0v) is 15.6. The normalized spacial score (nSPS) is 16.9. The predicted molar refractivity (Wildman–Crippen MR) is 105 cm³/mol. The number of carbonyl (C=O) groups is 1. The van der Waals surface area contributed by atoms with Crippen LogP contribution in [0, 0.1) is 5.82 Å². The van der Waals surface area contributed by atoms with Crippen LogP contribution in [0.3, 0.4) is 0 Å². The molecular formula is C22H23FN4O. The topological polar surface area (TPSA) is 61.9 Å². The van der Waals surface area contributed by atoms with Gasteiger partial charge < -0.3 is 4.90 Å².